The molecular weight excluding hydrogens is 220 g/mol. The Morgan fingerprint density at radius 3 is 2.89 bits per heavy atom. The minimum absolute atomic E-state index is 0.246. The third-order valence-electron chi connectivity index (χ3n) is 3.00. The summed E-state index contributed by atoms with van der Waals surface area (Å²) < 4.78 is 0. The van der Waals surface area contributed by atoms with Gasteiger partial charge < -0.3 is 5.32 Å². The Kier molecular flexibility index (Phi) is 4.33. The van der Waals surface area contributed by atoms with Crippen LogP contribution >= 0.6 is 0 Å². The maximum atomic E-state index is 5.34. The Balaban J connectivity index is 2.29. The van der Waals surface area contributed by atoms with E-state index in [1.807, 2.05) is 18.2 Å². The van der Waals surface area contributed by atoms with Crippen LogP contribution < -0.4 is 5.32 Å². The van der Waals surface area contributed by atoms with Crippen LogP contribution in [0.2, 0.25) is 0 Å². The van der Waals surface area contributed by atoms with Crippen LogP contribution in [0.1, 0.15) is 31.5 Å². The number of fused-ring (bicyclic) bond motifs is 1. The first-order chi connectivity index (χ1) is 8.85. The molecule has 2 heteroatoms. The van der Waals surface area contributed by atoms with Crippen molar-refractivity contribution >= 4 is 10.9 Å². The molecule has 0 amide bonds. The largest absolute Gasteiger partial charge is 0.309 e. The zero-order valence-corrected chi connectivity index (χ0v) is 10.7. The fraction of sp³-hybridized carbons (Fsp3) is 0.312. The van der Waals surface area contributed by atoms with Crippen LogP contribution in [-0.4, -0.2) is 11.5 Å². The smallest absolute Gasteiger partial charge is 0.0706 e. The second kappa shape index (κ2) is 6.18. The van der Waals surface area contributed by atoms with E-state index in [1.165, 1.54) is 5.39 Å². The van der Waals surface area contributed by atoms with Gasteiger partial charge in [-0.05, 0) is 25.1 Å². The Hall–Kier alpha value is -1.85. The molecule has 2 nitrogen and oxygen atoms in total. The summed E-state index contributed by atoms with van der Waals surface area (Å²) in [6.45, 7) is 3.02. The van der Waals surface area contributed by atoms with Crippen LogP contribution in [0, 0.1) is 12.3 Å². The standard InChI is InChI=1S/C16H18N2/c1-3-5-9-15(17-4-2)16-12-11-13-8-6-7-10-14(13)18-16/h1,6-8,10-12,15,17H,4-5,9H2,2H3. The zero-order valence-electron chi connectivity index (χ0n) is 10.7. The van der Waals surface area contributed by atoms with Crippen LogP contribution in [0.4, 0.5) is 0 Å². The molecule has 0 spiro atoms. The molecule has 0 bridgehead atoms. The number of benzene rings is 1. The average molecular weight is 238 g/mol. The van der Waals surface area contributed by atoms with E-state index in [0.29, 0.717) is 0 Å². The molecule has 1 heterocycles. The van der Waals surface area contributed by atoms with Gasteiger partial charge in [-0.15, -0.1) is 12.3 Å². The van der Waals surface area contributed by atoms with Gasteiger partial charge in [0.15, 0.2) is 0 Å². The Bertz CT molecular complexity index is 554. The first-order valence-corrected chi connectivity index (χ1v) is 6.37. The lowest BCUT2D eigenvalue weighted by molar-refractivity contribution is 0.512. The summed E-state index contributed by atoms with van der Waals surface area (Å²) in [7, 11) is 0. The molecule has 0 saturated carbocycles. The molecule has 1 aromatic carbocycles. The summed E-state index contributed by atoms with van der Waals surface area (Å²) in [6.07, 6.45) is 7.04. The van der Waals surface area contributed by atoms with Crippen molar-refractivity contribution in [1.29, 1.82) is 0 Å². The third kappa shape index (κ3) is 2.88. The lowest BCUT2D eigenvalue weighted by atomic mass is 10.1. The number of terminal acetylenes is 1. The molecule has 18 heavy (non-hydrogen) atoms. The average Bonchev–Trinajstić information content (AvgIpc) is 2.43. The predicted molar refractivity (Wildman–Crippen MR) is 76.2 cm³/mol. The number of hydrogen-bond acceptors (Lipinski definition) is 2. The molecule has 1 unspecified atom stereocenters. The van der Waals surface area contributed by atoms with E-state index in [-0.39, 0.29) is 6.04 Å². The van der Waals surface area contributed by atoms with Crippen molar-refractivity contribution in [1.82, 2.24) is 10.3 Å². The molecular formula is C16H18N2. The van der Waals surface area contributed by atoms with Crippen molar-refractivity contribution < 1.29 is 0 Å². The predicted octanol–water partition coefficient (Wildman–Crippen LogP) is 3.30. The molecule has 2 rings (SSSR count). The molecule has 0 aliphatic rings. The molecule has 92 valence electrons. The van der Waals surface area contributed by atoms with Crippen LogP contribution in [0.3, 0.4) is 0 Å². The van der Waals surface area contributed by atoms with Crippen LogP contribution in [0.25, 0.3) is 10.9 Å². The van der Waals surface area contributed by atoms with Gasteiger partial charge in [-0.25, -0.2) is 0 Å². The quantitative estimate of drug-likeness (QED) is 0.808. The highest BCUT2D eigenvalue weighted by Gasteiger charge is 2.11. The summed E-state index contributed by atoms with van der Waals surface area (Å²) in [6, 6.07) is 12.6. The SMILES string of the molecule is C#CCCC(NCC)c1ccc2ccccc2n1. The number of hydrogen-bond donors (Lipinski definition) is 1. The minimum Gasteiger partial charge on any atom is -0.309 e. The molecule has 0 aliphatic heterocycles. The molecule has 1 atom stereocenters. The maximum absolute atomic E-state index is 5.34. The first-order valence-electron chi connectivity index (χ1n) is 6.37. The topological polar surface area (TPSA) is 24.9 Å². The van der Waals surface area contributed by atoms with Gasteiger partial charge in [0.2, 0.25) is 0 Å². The molecule has 0 saturated heterocycles. The zero-order chi connectivity index (χ0) is 12.8. The number of pyridine rings is 1. The lowest BCUT2D eigenvalue weighted by Crippen LogP contribution is -2.21. The monoisotopic (exact) mass is 238 g/mol. The molecule has 1 aromatic heterocycles. The van der Waals surface area contributed by atoms with E-state index in [9.17, 15) is 0 Å². The van der Waals surface area contributed by atoms with Crippen LogP contribution in [0.15, 0.2) is 36.4 Å². The summed E-state index contributed by atoms with van der Waals surface area (Å²) in [5, 5.41) is 4.61. The molecule has 0 radical (unpaired) electrons. The number of rotatable bonds is 5. The van der Waals surface area contributed by atoms with Gasteiger partial charge in [0.05, 0.1) is 17.3 Å². The highest BCUT2D eigenvalue weighted by atomic mass is 14.9. The Labute approximate surface area is 108 Å². The number of aromatic nitrogens is 1. The highest BCUT2D eigenvalue weighted by molar-refractivity contribution is 5.78. The number of nitrogens with zero attached hydrogens (tertiary/aromatic N) is 1. The van der Waals surface area contributed by atoms with E-state index in [1.54, 1.807) is 0 Å². The highest BCUT2D eigenvalue weighted by Crippen LogP contribution is 2.19. The van der Waals surface area contributed by atoms with Gasteiger partial charge in [0, 0.05) is 11.8 Å². The summed E-state index contributed by atoms with van der Waals surface area (Å²) in [5.41, 5.74) is 2.12. The van der Waals surface area contributed by atoms with Gasteiger partial charge in [0.1, 0.15) is 0 Å². The summed E-state index contributed by atoms with van der Waals surface area (Å²) >= 11 is 0. The normalized spacial score (nSPS) is 12.2. The lowest BCUT2D eigenvalue weighted by Gasteiger charge is -2.16. The molecule has 0 fully saturated rings. The van der Waals surface area contributed by atoms with E-state index in [4.69, 9.17) is 11.4 Å². The fourth-order valence-corrected chi connectivity index (χ4v) is 2.10. The molecule has 2 aromatic rings. The van der Waals surface area contributed by atoms with E-state index < -0.39 is 0 Å². The van der Waals surface area contributed by atoms with Gasteiger partial charge >= 0.3 is 0 Å². The summed E-state index contributed by atoms with van der Waals surface area (Å²) in [5.74, 6) is 2.70. The number of para-hydroxylation sites is 1. The molecule has 1 N–H and O–H groups in total. The maximum Gasteiger partial charge on any atom is 0.0706 e. The van der Waals surface area contributed by atoms with Crippen molar-refractivity contribution in [3.05, 3.63) is 42.1 Å². The van der Waals surface area contributed by atoms with Crippen molar-refractivity contribution in [2.75, 3.05) is 6.54 Å². The van der Waals surface area contributed by atoms with Crippen molar-refractivity contribution in [2.45, 2.75) is 25.8 Å². The van der Waals surface area contributed by atoms with Crippen LogP contribution in [-0.2, 0) is 0 Å². The van der Waals surface area contributed by atoms with E-state index in [0.717, 1.165) is 30.6 Å². The first kappa shape index (κ1) is 12.6. The van der Waals surface area contributed by atoms with Gasteiger partial charge in [-0.3, -0.25) is 4.98 Å². The van der Waals surface area contributed by atoms with Crippen molar-refractivity contribution in [3.8, 4) is 12.3 Å². The molecule has 0 aliphatic carbocycles. The van der Waals surface area contributed by atoms with E-state index >= 15 is 0 Å². The Morgan fingerprint density at radius 2 is 2.11 bits per heavy atom. The third-order valence-corrected chi connectivity index (χ3v) is 3.00. The van der Waals surface area contributed by atoms with Crippen LogP contribution in [0.5, 0.6) is 0 Å². The van der Waals surface area contributed by atoms with Gasteiger partial charge in [-0.1, -0.05) is 31.2 Å². The van der Waals surface area contributed by atoms with Crippen molar-refractivity contribution in [3.63, 3.8) is 0 Å². The minimum atomic E-state index is 0.246. The van der Waals surface area contributed by atoms with Crippen molar-refractivity contribution in [2.24, 2.45) is 0 Å². The second-order valence-corrected chi connectivity index (χ2v) is 4.28. The fourth-order valence-electron chi connectivity index (χ4n) is 2.10. The number of nitrogens with one attached hydrogen (secondary N) is 1. The Morgan fingerprint density at radius 1 is 1.28 bits per heavy atom. The van der Waals surface area contributed by atoms with E-state index in [2.05, 4.69) is 36.4 Å². The van der Waals surface area contributed by atoms with Gasteiger partial charge in [0.25, 0.3) is 0 Å². The second-order valence-electron chi connectivity index (χ2n) is 4.28. The summed E-state index contributed by atoms with van der Waals surface area (Å²) in [4.78, 5) is 4.72. The van der Waals surface area contributed by atoms with Gasteiger partial charge in [-0.2, -0.15) is 0 Å².